The van der Waals surface area contributed by atoms with E-state index in [1.165, 1.54) is 7.11 Å². The number of hydrogen-bond donors (Lipinski definition) is 1. The van der Waals surface area contributed by atoms with E-state index in [2.05, 4.69) is 5.32 Å². The zero-order valence-electron chi connectivity index (χ0n) is 14.1. The van der Waals surface area contributed by atoms with Gasteiger partial charge in [0.15, 0.2) is 17.6 Å². The van der Waals surface area contributed by atoms with Crippen LogP contribution in [0.2, 0.25) is 5.02 Å². The Bertz CT molecular complexity index is 808. The highest BCUT2D eigenvalue weighted by molar-refractivity contribution is 6.31. The van der Waals surface area contributed by atoms with E-state index < -0.39 is 6.10 Å². The predicted molar refractivity (Wildman–Crippen MR) is 94.0 cm³/mol. The number of nitrogens with one attached hydrogen (secondary N) is 1. The molecule has 2 aromatic carbocycles. The summed E-state index contributed by atoms with van der Waals surface area (Å²) in [4.78, 5) is 12.4. The third-order valence-corrected chi connectivity index (χ3v) is 4.17. The van der Waals surface area contributed by atoms with Crippen LogP contribution in [0.25, 0.3) is 0 Å². The van der Waals surface area contributed by atoms with Gasteiger partial charge in [-0.3, -0.25) is 4.79 Å². The number of hydrogen-bond acceptors (Lipinski definition) is 5. The molecular formula is C18H18ClNO5. The lowest BCUT2D eigenvalue weighted by Crippen LogP contribution is -2.30. The molecule has 0 aliphatic carbocycles. The highest BCUT2D eigenvalue weighted by Crippen LogP contribution is 2.35. The first kappa shape index (κ1) is 17.2. The van der Waals surface area contributed by atoms with Crippen LogP contribution >= 0.6 is 11.6 Å². The first-order chi connectivity index (χ1) is 12.0. The number of benzene rings is 2. The second-order valence-corrected chi connectivity index (χ2v) is 5.97. The molecule has 7 heteroatoms. The molecule has 1 atom stereocenters. The van der Waals surface area contributed by atoms with Crippen molar-refractivity contribution in [3.05, 3.63) is 40.9 Å². The van der Waals surface area contributed by atoms with Gasteiger partial charge in [0.1, 0.15) is 11.5 Å². The van der Waals surface area contributed by atoms with Gasteiger partial charge in [-0.1, -0.05) is 11.6 Å². The Kier molecular flexibility index (Phi) is 4.90. The maximum Gasteiger partial charge on any atom is 0.265 e. The molecule has 1 aliphatic heterocycles. The molecule has 3 rings (SSSR count). The summed E-state index contributed by atoms with van der Waals surface area (Å²) in [6.07, 6.45) is -0.721. The van der Waals surface area contributed by atoms with Crippen molar-refractivity contribution in [1.82, 2.24) is 0 Å². The number of rotatable bonds is 5. The molecule has 6 nitrogen and oxygen atoms in total. The first-order valence-electron chi connectivity index (χ1n) is 7.69. The van der Waals surface area contributed by atoms with Crippen LogP contribution in [0, 0.1) is 6.92 Å². The van der Waals surface area contributed by atoms with Crippen LogP contribution in [0.4, 0.5) is 5.69 Å². The van der Waals surface area contributed by atoms with Gasteiger partial charge in [0.25, 0.3) is 5.91 Å². The van der Waals surface area contributed by atoms with E-state index in [-0.39, 0.29) is 12.7 Å². The van der Waals surface area contributed by atoms with E-state index in [4.69, 9.17) is 30.5 Å². The van der Waals surface area contributed by atoms with E-state index in [1.54, 1.807) is 37.3 Å². The second-order valence-electron chi connectivity index (χ2n) is 5.57. The number of carbonyl (C=O) groups is 1. The molecule has 0 fully saturated rings. The fourth-order valence-electron chi connectivity index (χ4n) is 2.37. The normalized spacial score (nSPS) is 13.3. The van der Waals surface area contributed by atoms with Gasteiger partial charge in [-0.15, -0.1) is 0 Å². The molecule has 1 amide bonds. The minimum Gasteiger partial charge on any atom is -0.495 e. The summed E-state index contributed by atoms with van der Waals surface area (Å²) in [5.74, 6) is 1.95. The lowest BCUT2D eigenvalue weighted by molar-refractivity contribution is -0.122. The first-order valence-corrected chi connectivity index (χ1v) is 8.07. The molecule has 1 N–H and O–H groups in total. The fourth-order valence-corrected chi connectivity index (χ4v) is 2.53. The molecule has 0 radical (unpaired) electrons. The van der Waals surface area contributed by atoms with E-state index in [0.29, 0.717) is 33.7 Å². The van der Waals surface area contributed by atoms with Crippen LogP contribution in [0.5, 0.6) is 23.0 Å². The summed E-state index contributed by atoms with van der Waals surface area (Å²) >= 11 is 6.08. The average molecular weight is 364 g/mol. The molecule has 1 aliphatic rings. The van der Waals surface area contributed by atoms with Crippen molar-refractivity contribution in [2.75, 3.05) is 19.2 Å². The third kappa shape index (κ3) is 3.74. The number of carbonyl (C=O) groups excluding carboxylic acids is 1. The molecule has 0 spiro atoms. The Balaban J connectivity index is 1.70. The highest BCUT2D eigenvalue weighted by Gasteiger charge is 2.20. The van der Waals surface area contributed by atoms with Gasteiger partial charge < -0.3 is 24.3 Å². The van der Waals surface area contributed by atoms with Crippen LogP contribution in [0.3, 0.4) is 0 Å². The van der Waals surface area contributed by atoms with Crippen LogP contribution in [-0.2, 0) is 4.79 Å². The largest absolute Gasteiger partial charge is 0.495 e. The zero-order chi connectivity index (χ0) is 18.0. The molecule has 25 heavy (non-hydrogen) atoms. The summed E-state index contributed by atoms with van der Waals surface area (Å²) in [5.41, 5.74) is 1.37. The molecule has 0 saturated carbocycles. The standard InChI is InChI=1S/C18H18ClNO5/c1-10-6-14(16(22-3)8-13(10)19)20-18(21)11(2)25-12-4-5-15-17(7-12)24-9-23-15/h4-8,11H,9H2,1-3H3,(H,20,21). The molecule has 0 aromatic heterocycles. The monoisotopic (exact) mass is 363 g/mol. The van der Waals surface area contributed by atoms with Crippen molar-refractivity contribution in [1.29, 1.82) is 0 Å². The summed E-state index contributed by atoms with van der Waals surface area (Å²) in [6.45, 7) is 3.70. The van der Waals surface area contributed by atoms with E-state index in [9.17, 15) is 4.79 Å². The number of amides is 1. The maximum atomic E-state index is 12.4. The van der Waals surface area contributed by atoms with E-state index in [1.807, 2.05) is 6.92 Å². The number of halogens is 1. The van der Waals surface area contributed by atoms with Crippen molar-refractivity contribution in [3.8, 4) is 23.0 Å². The smallest absolute Gasteiger partial charge is 0.265 e. The number of methoxy groups -OCH3 is 1. The number of fused-ring (bicyclic) bond motifs is 1. The summed E-state index contributed by atoms with van der Waals surface area (Å²) < 4.78 is 21.5. The Morgan fingerprint density at radius 3 is 2.76 bits per heavy atom. The Morgan fingerprint density at radius 1 is 1.24 bits per heavy atom. The molecule has 0 saturated heterocycles. The fraction of sp³-hybridized carbons (Fsp3) is 0.278. The summed E-state index contributed by atoms with van der Waals surface area (Å²) in [5, 5.41) is 3.37. The quantitative estimate of drug-likeness (QED) is 0.875. The van der Waals surface area contributed by atoms with Crippen molar-refractivity contribution >= 4 is 23.2 Å². The number of ether oxygens (including phenoxy) is 4. The van der Waals surface area contributed by atoms with Crippen LogP contribution in [0.15, 0.2) is 30.3 Å². The van der Waals surface area contributed by atoms with Gasteiger partial charge in [0, 0.05) is 17.2 Å². The molecule has 132 valence electrons. The van der Waals surface area contributed by atoms with E-state index in [0.717, 1.165) is 5.56 Å². The SMILES string of the molecule is COc1cc(Cl)c(C)cc1NC(=O)C(C)Oc1ccc2c(c1)OCO2. The molecule has 1 unspecified atom stereocenters. The van der Waals surface area contributed by atoms with Gasteiger partial charge in [-0.25, -0.2) is 0 Å². The van der Waals surface area contributed by atoms with Crippen molar-refractivity contribution in [2.45, 2.75) is 20.0 Å². The zero-order valence-corrected chi connectivity index (χ0v) is 14.8. The van der Waals surface area contributed by atoms with E-state index >= 15 is 0 Å². The molecule has 1 heterocycles. The molecule has 2 aromatic rings. The van der Waals surface area contributed by atoms with Gasteiger partial charge in [0.2, 0.25) is 6.79 Å². The van der Waals surface area contributed by atoms with Crippen LogP contribution in [0.1, 0.15) is 12.5 Å². The van der Waals surface area contributed by atoms with Crippen molar-refractivity contribution in [3.63, 3.8) is 0 Å². The van der Waals surface area contributed by atoms with Crippen molar-refractivity contribution in [2.24, 2.45) is 0 Å². The third-order valence-electron chi connectivity index (χ3n) is 3.76. The lowest BCUT2D eigenvalue weighted by atomic mass is 10.2. The van der Waals surface area contributed by atoms with Crippen LogP contribution < -0.4 is 24.3 Å². The van der Waals surface area contributed by atoms with Gasteiger partial charge in [-0.2, -0.15) is 0 Å². The minimum atomic E-state index is -0.721. The van der Waals surface area contributed by atoms with Gasteiger partial charge in [0.05, 0.1) is 12.8 Å². The van der Waals surface area contributed by atoms with Crippen molar-refractivity contribution < 1.29 is 23.7 Å². The Hall–Kier alpha value is -2.60. The Morgan fingerprint density at radius 2 is 2.00 bits per heavy atom. The van der Waals surface area contributed by atoms with Gasteiger partial charge >= 0.3 is 0 Å². The molecular weight excluding hydrogens is 346 g/mol. The number of aryl methyl sites for hydroxylation is 1. The Labute approximate surface area is 150 Å². The topological polar surface area (TPSA) is 66.0 Å². The average Bonchev–Trinajstić information content (AvgIpc) is 3.05. The predicted octanol–water partition coefficient (Wildman–Crippen LogP) is 3.79. The highest BCUT2D eigenvalue weighted by atomic mass is 35.5. The number of anilines is 1. The summed E-state index contributed by atoms with van der Waals surface area (Å²) in [7, 11) is 1.52. The van der Waals surface area contributed by atoms with Crippen LogP contribution in [-0.4, -0.2) is 25.9 Å². The second kappa shape index (κ2) is 7.11. The lowest BCUT2D eigenvalue weighted by Gasteiger charge is -2.17. The van der Waals surface area contributed by atoms with Gasteiger partial charge in [-0.05, 0) is 37.6 Å². The minimum absolute atomic E-state index is 0.185. The molecule has 0 bridgehead atoms. The maximum absolute atomic E-state index is 12.4. The summed E-state index contributed by atoms with van der Waals surface area (Å²) in [6, 6.07) is 8.58.